The zero-order chi connectivity index (χ0) is 13.0. The second-order valence-corrected chi connectivity index (χ2v) is 5.48. The first-order chi connectivity index (χ1) is 8.56. The van der Waals surface area contributed by atoms with Gasteiger partial charge < -0.3 is 0 Å². The molecule has 0 bridgehead atoms. The maximum absolute atomic E-state index is 3.61. The van der Waals surface area contributed by atoms with Crippen LogP contribution in [-0.2, 0) is 0 Å². The van der Waals surface area contributed by atoms with Gasteiger partial charge in [-0.3, -0.25) is 5.32 Å². The summed E-state index contributed by atoms with van der Waals surface area (Å²) in [6, 6.07) is 22.1. The fraction of sp³-hybridized carbons (Fsp3) is 0.235. The molecule has 0 saturated heterocycles. The van der Waals surface area contributed by atoms with Crippen molar-refractivity contribution >= 4 is 0 Å². The third-order valence-corrected chi connectivity index (χ3v) is 2.62. The van der Waals surface area contributed by atoms with Crippen LogP contribution in [0.2, 0.25) is 0 Å². The van der Waals surface area contributed by atoms with Crippen molar-refractivity contribution in [2.45, 2.75) is 26.3 Å². The third-order valence-electron chi connectivity index (χ3n) is 2.62. The van der Waals surface area contributed by atoms with Crippen molar-refractivity contribution < 1.29 is 0 Å². The van der Waals surface area contributed by atoms with E-state index in [2.05, 4.69) is 74.6 Å². The van der Waals surface area contributed by atoms with Crippen LogP contribution in [0.5, 0.6) is 0 Å². The molecule has 0 saturated carbocycles. The van der Waals surface area contributed by atoms with Gasteiger partial charge in [-0.15, -0.1) is 0 Å². The molecule has 2 aromatic carbocycles. The third kappa shape index (κ3) is 3.44. The van der Waals surface area contributed by atoms with Gasteiger partial charge in [0.15, 0.2) is 0 Å². The van der Waals surface area contributed by atoms with Crippen molar-refractivity contribution in [1.29, 1.82) is 0 Å². The highest BCUT2D eigenvalue weighted by atomic mass is 15.0. The average molecular weight is 238 g/mol. The molecule has 0 aliphatic heterocycles. The van der Waals surface area contributed by atoms with Crippen LogP contribution in [-0.4, -0.2) is 5.54 Å². The van der Waals surface area contributed by atoms with E-state index >= 15 is 0 Å². The quantitative estimate of drug-likeness (QED) is 0.852. The number of nitrogens with one attached hydrogen (secondary N) is 1. The van der Waals surface area contributed by atoms with Crippen LogP contribution in [0.3, 0.4) is 0 Å². The minimum Gasteiger partial charge on any atom is -0.297 e. The lowest BCUT2D eigenvalue weighted by molar-refractivity contribution is 0.453. The van der Waals surface area contributed by atoms with Crippen LogP contribution in [0, 0.1) is 6.04 Å². The zero-order valence-corrected chi connectivity index (χ0v) is 11.3. The topological polar surface area (TPSA) is 12.0 Å². The van der Waals surface area contributed by atoms with Crippen LogP contribution in [0.1, 0.15) is 31.9 Å². The summed E-state index contributed by atoms with van der Waals surface area (Å²) in [6.07, 6.45) is 0. The van der Waals surface area contributed by atoms with E-state index in [0.717, 1.165) is 0 Å². The summed E-state index contributed by atoms with van der Waals surface area (Å²) in [4.78, 5) is 0. The van der Waals surface area contributed by atoms with Gasteiger partial charge in [0.25, 0.3) is 0 Å². The molecule has 0 heterocycles. The van der Waals surface area contributed by atoms with E-state index < -0.39 is 0 Å². The predicted octanol–water partition coefficient (Wildman–Crippen LogP) is 4.00. The van der Waals surface area contributed by atoms with Crippen molar-refractivity contribution in [2.75, 3.05) is 0 Å². The number of rotatable bonds is 3. The summed E-state index contributed by atoms with van der Waals surface area (Å²) in [7, 11) is 0. The first-order valence-corrected chi connectivity index (χ1v) is 6.32. The van der Waals surface area contributed by atoms with Gasteiger partial charge in [-0.05, 0) is 31.9 Å². The smallest absolute Gasteiger partial charge is 0.0964 e. The summed E-state index contributed by atoms with van der Waals surface area (Å²) in [5, 5.41) is 3.61. The Kier molecular flexibility index (Phi) is 3.83. The van der Waals surface area contributed by atoms with Crippen molar-refractivity contribution in [3.8, 4) is 0 Å². The molecule has 2 rings (SSSR count). The molecule has 1 heteroatoms. The molecule has 0 fully saturated rings. The Labute approximate surface area is 110 Å². The molecule has 0 aliphatic rings. The van der Waals surface area contributed by atoms with E-state index in [-0.39, 0.29) is 5.54 Å². The molecule has 93 valence electrons. The van der Waals surface area contributed by atoms with Crippen LogP contribution >= 0.6 is 0 Å². The molecule has 1 nitrogen and oxygen atoms in total. The molecule has 0 aliphatic carbocycles. The molecule has 0 amide bonds. The molecular formula is C17H20N. The maximum atomic E-state index is 3.61. The number of hydrogen-bond donors (Lipinski definition) is 1. The van der Waals surface area contributed by atoms with E-state index in [1.807, 2.05) is 12.1 Å². The number of hydrogen-bond acceptors (Lipinski definition) is 1. The summed E-state index contributed by atoms with van der Waals surface area (Å²) in [5.74, 6) is 0. The Morgan fingerprint density at radius 1 is 0.722 bits per heavy atom. The highest BCUT2D eigenvalue weighted by molar-refractivity contribution is 5.44. The van der Waals surface area contributed by atoms with Gasteiger partial charge >= 0.3 is 0 Å². The zero-order valence-electron chi connectivity index (χ0n) is 11.3. The van der Waals surface area contributed by atoms with E-state index in [1.54, 1.807) is 0 Å². The minimum atomic E-state index is 0.0427. The standard InChI is InChI=1S/C17H20N/c1-17(2,3)18-16(14-10-6-4-7-11-14)15-12-8-5-9-13-15/h4-13,18H,1-3H3. The molecule has 2 aromatic rings. The van der Waals surface area contributed by atoms with Gasteiger partial charge in [0.1, 0.15) is 0 Å². The highest BCUT2D eigenvalue weighted by Gasteiger charge is 2.20. The summed E-state index contributed by atoms with van der Waals surface area (Å²) in [6.45, 7) is 6.54. The Morgan fingerprint density at radius 2 is 1.11 bits per heavy atom. The van der Waals surface area contributed by atoms with Crippen molar-refractivity contribution in [1.82, 2.24) is 5.32 Å². The lowest BCUT2D eigenvalue weighted by Gasteiger charge is -2.28. The Bertz CT molecular complexity index is 428. The van der Waals surface area contributed by atoms with Gasteiger partial charge in [0.2, 0.25) is 0 Å². The summed E-state index contributed by atoms with van der Waals surface area (Å²) < 4.78 is 0. The lowest BCUT2D eigenvalue weighted by atomic mass is 9.95. The summed E-state index contributed by atoms with van der Waals surface area (Å²) >= 11 is 0. The normalized spacial score (nSPS) is 11.8. The number of benzene rings is 2. The molecule has 18 heavy (non-hydrogen) atoms. The Morgan fingerprint density at radius 3 is 1.44 bits per heavy atom. The van der Waals surface area contributed by atoms with Crippen molar-refractivity contribution in [2.24, 2.45) is 0 Å². The largest absolute Gasteiger partial charge is 0.297 e. The second-order valence-electron chi connectivity index (χ2n) is 5.48. The second kappa shape index (κ2) is 5.36. The van der Waals surface area contributed by atoms with Gasteiger partial charge in [0.05, 0.1) is 6.04 Å². The van der Waals surface area contributed by atoms with Gasteiger partial charge in [0, 0.05) is 5.54 Å². The SMILES string of the molecule is CC(C)(C)N[C](c1ccccc1)c1ccccc1. The molecule has 1 radical (unpaired) electrons. The molecule has 0 aromatic heterocycles. The molecule has 0 spiro atoms. The lowest BCUT2D eigenvalue weighted by Crippen LogP contribution is -2.39. The summed E-state index contributed by atoms with van der Waals surface area (Å²) in [5.41, 5.74) is 2.48. The van der Waals surface area contributed by atoms with E-state index in [1.165, 1.54) is 17.2 Å². The van der Waals surface area contributed by atoms with Crippen LogP contribution in [0.15, 0.2) is 60.7 Å². The predicted molar refractivity (Wildman–Crippen MR) is 77.2 cm³/mol. The molecule has 0 unspecified atom stereocenters. The Hall–Kier alpha value is -1.60. The first kappa shape index (κ1) is 12.8. The molecular weight excluding hydrogens is 218 g/mol. The van der Waals surface area contributed by atoms with E-state index in [0.29, 0.717) is 0 Å². The van der Waals surface area contributed by atoms with E-state index in [4.69, 9.17) is 0 Å². The van der Waals surface area contributed by atoms with Crippen molar-refractivity contribution in [3.63, 3.8) is 0 Å². The molecule has 0 atom stereocenters. The maximum Gasteiger partial charge on any atom is 0.0964 e. The van der Waals surface area contributed by atoms with E-state index in [9.17, 15) is 0 Å². The fourth-order valence-corrected chi connectivity index (χ4v) is 1.90. The van der Waals surface area contributed by atoms with Crippen LogP contribution in [0.25, 0.3) is 0 Å². The average Bonchev–Trinajstić information content (AvgIpc) is 2.37. The van der Waals surface area contributed by atoms with Crippen LogP contribution < -0.4 is 5.32 Å². The monoisotopic (exact) mass is 238 g/mol. The fourth-order valence-electron chi connectivity index (χ4n) is 1.90. The Balaban J connectivity index is 2.36. The van der Waals surface area contributed by atoms with Gasteiger partial charge in [-0.2, -0.15) is 0 Å². The minimum absolute atomic E-state index is 0.0427. The van der Waals surface area contributed by atoms with Gasteiger partial charge in [-0.1, -0.05) is 60.7 Å². The van der Waals surface area contributed by atoms with Crippen LogP contribution in [0.4, 0.5) is 0 Å². The van der Waals surface area contributed by atoms with Gasteiger partial charge in [-0.25, -0.2) is 0 Å². The highest BCUT2D eigenvalue weighted by Crippen LogP contribution is 2.23. The first-order valence-electron chi connectivity index (χ1n) is 6.32. The molecule has 1 N–H and O–H groups in total. The van der Waals surface area contributed by atoms with Crippen molar-refractivity contribution in [3.05, 3.63) is 77.8 Å².